The van der Waals surface area contributed by atoms with Gasteiger partial charge in [-0.15, -0.1) is 0 Å². The molecular weight excluding hydrogens is 191 g/mol. The van der Waals surface area contributed by atoms with Gasteiger partial charge < -0.3 is 15.3 Å². The number of benzene rings is 1. The summed E-state index contributed by atoms with van der Waals surface area (Å²) < 4.78 is 12.4. The zero-order chi connectivity index (χ0) is 10.7. The zero-order valence-corrected chi connectivity index (χ0v) is 7.09. The summed E-state index contributed by atoms with van der Waals surface area (Å²) in [4.78, 5) is 10.3. The SMILES string of the molecule is O=C(O)C(O)C(O)c1ccc(F)cc1. The number of hydrogen-bond donors (Lipinski definition) is 3. The van der Waals surface area contributed by atoms with Crippen molar-refractivity contribution in [1.29, 1.82) is 0 Å². The summed E-state index contributed by atoms with van der Waals surface area (Å²) in [6.45, 7) is 0. The van der Waals surface area contributed by atoms with Crippen molar-refractivity contribution in [2.45, 2.75) is 12.2 Å². The van der Waals surface area contributed by atoms with Crippen molar-refractivity contribution in [2.75, 3.05) is 0 Å². The van der Waals surface area contributed by atoms with Gasteiger partial charge in [0.05, 0.1) is 0 Å². The molecule has 0 saturated carbocycles. The van der Waals surface area contributed by atoms with E-state index < -0.39 is 24.0 Å². The number of carbonyl (C=O) groups is 1. The van der Waals surface area contributed by atoms with Gasteiger partial charge in [-0.2, -0.15) is 0 Å². The largest absolute Gasteiger partial charge is 0.479 e. The van der Waals surface area contributed by atoms with Crippen molar-refractivity contribution < 1.29 is 24.5 Å². The Bertz CT molecular complexity index is 322. The molecule has 0 amide bonds. The minimum Gasteiger partial charge on any atom is -0.479 e. The standard InChI is InChI=1S/C9H9FO4/c10-6-3-1-5(2-4-6)7(11)8(12)9(13)14/h1-4,7-8,11-12H,(H,13,14). The molecule has 14 heavy (non-hydrogen) atoms. The maximum absolute atomic E-state index is 12.4. The Morgan fingerprint density at radius 3 is 2.14 bits per heavy atom. The smallest absolute Gasteiger partial charge is 0.335 e. The molecule has 2 unspecified atom stereocenters. The van der Waals surface area contributed by atoms with Crippen LogP contribution in [0.4, 0.5) is 4.39 Å². The molecule has 0 aromatic heterocycles. The molecule has 5 heteroatoms. The van der Waals surface area contributed by atoms with Crippen LogP contribution in [0.1, 0.15) is 11.7 Å². The third kappa shape index (κ3) is 2.27. The third-order valence-electron chi connectivity index (χ3n) is 1.76. The first kappa shape index (κ1) is 10.6. The van der Waals surface area contributed by atoms with Crippen LogP contribution in [0.15, 0.2) is 24.3 Å². The van der Waals surface area contributed by atoms with Gasteiger partial charge in [0.2, 0.25) is 0 Å². The number of aliphatic carboxylic acids is 1. The average molecular weight is 200 g/mol. The topological polar surface area (TPSA) is 77.8 Å². The molecule has 1 rings (SSSR count). The predicted molar refractivity (Wildman–Crippen MR) is 45.0 cm³/mol. The molecule has 0 aliphatic carbocycles. The fourth-order valence-electron chi connectivity index (χ4n) is 0.977. The van der Waals surface area contributed by atoms with E-state index in [0.29, 0.717) is 0 Å². The first-order chi connectivity index (χ1) is 6.52. The van der Waals surface area contributed by atoms with E-state index in [1.54, 1.807) is 0 Å². The Kier molecular flexibility index (Phi) is 3.16. The highest BCUT2D eigenvalue weighted by atomic mass is 19.1. The Hall–Kier alpha value is -1.46. The lowest BCUT2D eigenvalue weighted by molar-refractivity contribution is -0.153. The van der Waals surface area contributed by atoms with E-state index in [-0.39, 0.29) is 5.56 Å². The normalized spacial score (nSPS) is 14.8. The monoisotopic (exact) mass is 200 g/mol. The number of halogens is 1. The van der Waals surface area contributed by atoms with Gasteiger partial charge in [0.15, 0.2) is 6.10 Å². The molecular formula is C9H9FO4. The molecule has 4 nitrogen and oxygen atoms in total. The minimum absolute atomic E-state index is 0.154. The van der Waals surface area contributed by atoms with Crippen molar-refractivity contribution >= 4 is 5.97 Å². The maximum atomic E-state index is 12.4. The van der Waals surface area contributed by atoms with Crippen molar-refractivity contribution in [3.8, 4) is 0 Å². The van der Waals surface area contributed by atoms with E-state index in [9.17, 15) is 14.3 Å². The second kappa shape index (κ2) is 4.17. The molecule has 0 aliphatic rings. The van der Waals surface area contributed by atoms with Gasteiger partial charge in [-0.05, 0) is 17.7 Å². The zero-order valence-electron chi connectivity index (χ0n) is 7.09. The number of hydrogen-bond acceptors (Lipinski definition) is 3. The summed E-state index contributed by atoms with van der Waals surface area (Å²) in [5, 5.41) is 26.7. The second-order valence-corrected chi connectivity index (χ2v) is 2.78. The Morgan fingerprint density at radius 1 is 1.21 bits per heavy atom. The average Bonchev–Trinajstić information content (AvgIpc) is 2.16. The van der Waals surface area contributed by atoms with Gasteiger partial charge in [0.25, 0.3) is 0 Å². The summed E-state index contributed by atoms with van der Waals surface area (Å²) >= 11 is 0. The number of aliphatic hydroxyl groups is 2. The molecule has 0 radical (unpaired) electrons. The second-order valence-electron chi connectivity index (χ2n) is 2.78. The minimum atomic E-state index is -1.90. The highest BCUT2D eigenvalue weighted by Crippen LogP contribution is 2.17. The lowest BCUT2D eigenvalue weighted by atomic mass is 10.0. The van der Waals surface area contributed by atoms with E-state index in [1.165, 1.54) is 12.1 Å². The first-order valence-electron chi connectivity index (χ1n) is 3.87. The maximum Gasteiger partial charge on any atom is 0.335 e. The molecule has 0 aliphatic heterocycles. The highest BCUT2D eigenvalue weighted by molar-refractivity contribution is 5.73. The summed E-state index contributed by atoms with van der Waals surface area (Å²) in [6, 6.07) is 4.58. The van der Waals surface area contributed by atoms with Crippen LogP contribution in [0.5, 0.6) is 0 Å². The van der Waals surface area contributed by atoms with Gasteiger partial charge in [-0.25, -0.2) is 9.18 Å². The van der Waals surface area contributed by atoms with Gasteiger partial charge in [-0.3, -0.25) is 0 Å². The molecule has 2 atom stereocenters. The fraction of sp³-hybridized carbons (Fsp3) is 0.222. The van der Waals surface area contributed by atoms with Crippen LogP contribution in [-0.4, -0.2) is 27.4 Å². The van der Waals surface area contributed by atoms with Crippen LogP contribution in [0, 0.1) is 5.82 Å². The molecule has 0 fully saturated rings. The highest BCUT2D eigenvalue weighted by Gasteiger charge is 2.24. The van der Waals surface area contributed by atoms with E-state index in [0.717, 1.165) is 12.1 Å². The number of aliphatic hydroxyl groups excluding tert-OH is 2. The van der Waals surface area contributed by atoms with Crippen molar-refractivity contribution in [3.05, 3.63) is 35.6 Å². The Labute approximate surface area is 79.2 Å². The van der Waals surface area contributed by atoms with Crippen LogP contribution in [-0.2, 0) is 4.79 Å². The van der Waals surface area contributed by atoms with Crippen LogP contribution in [0.25, 0.3) is 0 Å². The molecule has 0 spiro atoms. The third-order valence-corrected chi connectivity index (χ3v) is 1.76. The van der Waals surface area contributed by atoms with Crippen LogP contribution in [0.2, 0.25) is 0 Å². The van der Waals surface area contributed by atoms with Gasteiger partial charge in [-0.1, -0.05) is 12.1 Å². The van der Waals surface area contributed by atoms with Crippen LogP contribution in [0.3, 0.4) is 0 Å². The van der Waals surface area contributed by atoms with Crippen molar-refractivity contribution in [3.63, 3.8) is 0 Å². The van der Waals surface area contributed by atoms with Gasteiger partial charge in [0, 0.05) is 0 Å². The molecule has 1 aromatic rings. The summed E-state index contributed by atoms with van der Waals surface area (Å²) in [5.74, 6) is -2.02. The number of carboxylic acids is 1. The molecule has 0 heterocycles. The van der Waals surface area contributed by atoms with Gasteiger partial charge in [0.1, 0.15) is 11.9 Å². The predicted octanol–water partition coefficient (Wildman–Crippen LogP) is 0.305. The van der Waals surface area contributed by atoms with E-state index >= 15 is 0 Å². The number of rotatable bonds is 3. The molecule has 3 N–H and O–H groups in total. The molecule has 1 aromatic carbocycles. The van der Waals surface area contributed by atoms with E-state index in [4.69, 9.17) is 10.2 Å². The lowest BCUT2D eigenvalue weighted by Crippen LogP contribution is -2.27. The van der Waals surface area contributed by atoms with Crippen LogP contribution < -0.4 is 0 Å². The summed E-state index contributed by atoms with van der Waals surface area (Å²) in [7, 11) is 0. The van der Waals surface area contributed by atoms with Crippen LogP contribution >= 0.6 is 0 Å². The molecule has 0 bridgehead atoms. The first-order valence-corrected chi connectivity index (χ1v) is 3.87. The fourth-order valence-corrected chi connectivity index (χ4v) is 0.977. The van der Waals surface area contributed by atoms with Crippen molar-refractivity contribution in [1.82, 2.24) is 0 Å². The van der Waals surface area contributed by atoms with E-state index in [1.807, 2.05) is 0 Å². The summed E-state index contributed by atoms with van der Waals surface area (Å²) in [6.07, 6.45) is -3.45. The molecule has 76 valence electrons. The lowest BCUT2D eigenvalue weighted by Gasteiger charge is -2.13. The molecule has 0 saturated heterocycles. The summed E-state index contributed by atoms with van der Waals surface area (Å²) in [5.41, 5.74) is 0.154. The quantitative estimate of drug-likeness (QED) is 0.656. The van der Waals surface area contributed by atoms with Crippen molar-refractivity contribution in [2.24, 2.45) is 0 Å². The Morgan fingerprint density at radius 2 is 1.71 bits per heavy atom. The van der Waals surface area contributed by atoms with E-state index in [2.05, 4.69) is 0 Å². The number of carboxylic acid groups (broad SMARTS) is 1. The van der Waals surface area contributed by atoms with Gasteiger partial charge >= 0.3 is 5.97 Å². The Balaban J connectivity index is 2.84.